The molecule has 0 aromatic carbocycles. The highest BCUT2D eigenvalue weighted by Gasteiger charge is 2.32. The Balaban J connectivity index is 1.60. The predicted molar refractivity (Wildman–Crippen MR) is 99.7 cm³/mol. The first-order chi connectivity index (χ1) is 13.1. The Labute approximate surface area is 159 Å². The zero-order chi connectivity index (χ0) is 18.8. The van der Waals surface area contributed by atoms with Gasteiger partial charge in [0.25, 0.3) is 5.91 Å². The number of aromatic nitrogens is 6. The number of amides is 1. The molecule has 3 aromatic heterocycles. The Morgan fingerprint density at radius 1 is 1.26 bits per heavy atom. The van der Waals surface area contributed by atoms with Crippen molar-refractivity contribution in [2.45, 2.75) is 32.7 Å². The molecule has 3 aromatic rings. The van der Waals surface area contributed by atoms with Crippen LogP contribution in [0.1, 0.15) is 45.9 Å². The van der Waals surface area contributed by atoms with E-state index >= 15 is 0 Å². The van der Waals surface area contributed by atoms with Gasteiger partial charge in [-0.1, -0.05) is 11.3 Å². The summed E-state index contributed by atoms with van der Waals surface area (Å²) in [6.07, 6.45) is 6.34. The molecule has 0 saturated carbocycles. The Hall–Kier alpha value is -3.01. The molecular weight excluding hydrogens is 364 g/mol. The van der Waals surface area contributed by atoms with E-state index in [2.05, 4.69) is 35.5 Å². The zero-order valence-electron chi connectivity index (χ0n) is 15.0. The van der Waals surface area contributed by atoms with Gasteiger partial charge >= 0.3 is 0 Å². The molecule has 1 aliphatic heterocycles. The van der Waals surface area contributed by atoms with Gasteiger partial charge < -0.3 is 10.2 Å². The van der Waals surface area contributed by atoms with Crippen LogP contribution in [0, 0.1) is 13.8 Å². The Bertz CT molecular complexity index is 961. The Kier molecular flexibility index (Phi) is 4.71. The molecule has 1 N–H and O–H groups in total. The molecule has 0 radical (unpaired) electrons. The SMILES string of the molecule is Cc1nc(Nc2nnc(C)s2)cc([C@@H]2CCCN2C(=O)c2cnccn2)n1. The summed E-state index contributed by atoms with van der Waals surface area (Å²) in [5.74, 6) is 1.15. The topological polar surface area (TPSA) is 110 Å². The van der Waals surface area contributed by atoms with Crippen LogP contribution >= 0.6 is 11.3 Å². The number of nitrogens with zero attached hydrogens (tertiary/aromatic N) is 7. The van der Waals surface area contributed by atoms with Crippen molar-refractivity contribution in [3.63, 3.8) is 0 Å². The van der Waals surface area contributed by atoms with Crippen molar-refractivity contribution in [3.05, 3.63) is 46.9 Å². The summed E-state index contributed by atoms with van der Waals surface area (Å²) in [6.45, 7) is 4.40. The highest BCUT2D eigenvalue weighted by Crippen LogP contribution is 2.33. The average molecular weight is 382 g/mol. The smallest absolute Gasteiger partial charge is 0.274 e. The fraction of sp³-hybridized carbons (Fsp3) is 0.353. The van der Waals surface area contributed by atoms with Gasteiger partial charge in [-0.15, -0.1) is 10.2 Å². The molecule has 0 spiro atoms. The molecule has 4 heterocycles. The lowest BCUT2D eigenvalue weighted by atomic mass is 10.1. The van der Waals surface area contributed by atoms with Crippen LogP contribution in [0.3, 0.4) is 0 Å². The number of nitrogens with one attached hydrogen (secondary N) is 1. The molecule has 1 aliphatic rings. The number of likely N-dealkylation sites (tertiary alicyclic amines) is 1. The largest absolute Gasteiger partial charge is 0.329 e. The highest BCUT2D eigenvalue weighted by molar-refractivity contribution is 7.15. The Morgan fingerprint density at radius 2 is 2.15 bits per heavy atom. The minimum absolute atomic E-state index is 0.113. The lowest BCUT2D eigenvalue weighted by Gasteiger charge is -2.24. The molecule has 138 valence electrons. The van der Waals surface area contributed by atoms with Crippen LogP contribution in [-0.2, 0) is 0 Å². The van der Waals surface area contributed by atoms with Crippen molar-refractivity contribution in [2.75, 3.05) is 11.9 Å². The predicted octanol–water partition coefficient (Wildman–Crippen LogP) is 2.46. The van der Waals surface area contributed by atoms with Crippen LogP contribution in [0.25, 0.3) is 0 Å². The first-order valence-corrected chi connectivity index (χ1v) is 9.41. The third-order valence-electron chi connectivity index (χ3n) is 4.26. The molecule has 1 atom stereocenters. The van der Waals surface area contributed by atoms with E-state index in [1.165, 1.54) is 23.7 Å². The highest BCUT2D eigenvalue weighted by atomic mass is 32.1. The summed E-state index contributed by atoms with van der Waals surface area (Å²) >= 11 is 1.46. The number of hydrogen-bond donors (Lipinski definition) is 1. The van der Waals surface area contributed by atoms with Gasteiger partial charge in [0.2, 0.25) is 5.13 Å². The summed E-state index contributed by atoms with van der Waals surface area (Å²) in [4.78, 5) is 31.8. The normalized spacial score (nSPS) is 16.5. The van der Waals surface area contributed by atoms with Crippen LogP contribution < -0.4 is 5.32 Å². The van der Waals surface area contributed by atoms with E-state index in [9.17, 15) is 4.79 Å². The maximum absolute atomic E-state index is 12.8. The summed E-state index contributed by atoms with van der Waals surface area (Å²) in [7, 11) is 0. The molecule has 1 amide bonds. The second-order valence-electron chi connectivity index (χ2n) is 6.22. The fourth-order valence-electron chi connectivity index (χ4n) is 3.16. The number of carbonyl (C=O) groups excluding carboxylic acids is 1. The van der Waals surface area contributed by atoms with Crippen molar-refractivity contribution >= 4 is 28.2 Å². The lowest BCUT2D eigenvalue weighted by Crippen LogP contribution is -2.31. The van der Waals surface area contributed by atoms with Crippen LogP contribution in [0.15, 0.2) is 24.7 Å². The second kappa shape index (κ2) is 7.31. The first-order valence-electron chi connectivity index (χ1n) is 8.60. The van der Waals surface area contributed by atoms with E-state index in [1.54, 1.807) is 6.20 Å². The number of anilines is 2. The van der Waals surface area contributed by atoms with E-state index in [4.69, 9.17) is 0 Å². The van der Waals surface area contributed by atoms with E-state index in [0.717, 1.165) is 23.5 Å². The zero-order valence-corrected chi connectivity index (χ0v) is 15.8. The summed E-state index contributed by atoms with van der Waals surface area (Å²) in [6, 6.07) is 1.76. The van der Waals surface area contributed by atoms with Gasteiger partial charge in [-0.3, -0.25) is 9.78 Å². The van der Waals surface area contributed by atoms with Gasteiger partial charge in [-0.2, -0.15) is 0 Å². The first kappa shape index (κ1) is 17.4. The summed E-state index contributed by atoms with van der Waals surface area (Å²) < 4.78 is 0. The van der Waals surface area contributed by atoms with Gasteiger partial charge in [0, 0.05) is 25.0 Å². The molecule has 0 bridgehead atoms. The van der Waals surface area contributed by atoms with Crippen molar-refractivity contribution < 1.29 is 4.79 Å². The van der Waals surface area contributed by atoms with Crippen LogP contribution in [0.2, 0.25) is 0 Å². The van der Waals surface area contributed by atoms with Gasteiger partial charge in [0.05, 0.1) is 17.9 Å². The van der Waals surface area contributed by atoms with Gasteiger partial charge in [0.15, 0.2) is 0 Å². The fourth-order valence-corrected chi connectivity index (χ4v) is 3.75. The third-order valence-corrected chi connectivity index (χ3v) is 5.01. The van der Waals surface area contributed by atoms with E-state index in [0.29, 0.717) is 29.0 Å². The third kappa shape index (κ3) is 3.75. The average Bonchev–Trinajstić information content (AvgIpc) is 3.30. The van der Waals surface area contributed by atoms with Crippen molar-refractivity contribution in [1.82, 2.24) is 35.0 Å². The van der Waals surface area contributed by atoms with Crippen LogP contribution in [0.5, 0.6) is 0 Å². The number of hydrogen-bond acceptors (Lipinski definition) is 9. The molecule has 4 rings (SSSR count). The van der Waals surface area contributed by atoms with Crippen molar-refractivity contribution in [1.29, 1.82) is 0 Å². The Morgan fingerprint density at radius 3 is 2.89 bits per heavy atom. The maximum Gasteiger partial charge on any atom is 0.274 e. The summed E-state index contributed by atoms with van der Waals surface area (Å²) in [5, 5.41) is 12.8. The van der Waals surface area contributed by atoms with Crippen LogP contribution in [0.4, 0.5) is 10.9 Å². The molecule has 1 saturated heterocycles. The standard InChI is InChI=1S/C17H18N8OS/c1-10-20-12(8-15(21-10)22-17-24-23-11(2)27-17)14-4-3-7-25(14)16(26)13-9-18-5-6-19-13/h5-6,8-9,14H,3-4,7H2,1-2H3,(H,20,21,22,24)/t14-/m0/s1. The summed E-state index contributed by atoms with van der Waals surface area (Å²) in [5.41, 5.74) is 1.15. The minimum Gasteiger partial charge on any atom is -0.329 e. The second-order valence-corrected chi connectivity index (χ2v) is 7.41. The molecule has 1 fully saturated rings. The van der Waals surface area contributed by atoms with E-state index in [1.807, 2.05) is 24.8 Å². The van der Waals surface area contributed by atoms with Crippen molar-refractivity contribution in [3.8, 4) is 0 Å². The number of aryl methyl sites for hydroxylation is 2. The number of rotatable bonds is 4. The molecule has 27 heavy (non-hydrogen) atoms. The molecule has 0 aliphatic carbocycles. The lowest BCUT2D eigenvalue weighted by molar-refractivity contribution is 0.0726. The molecule has 10 heteroatoms. The van der Waals surface area contributed by atoms with Crippen molar-refractivity contribution in [2.24, 2.45) is 0 Å². The monoisotopic (exact) mass is 382 g/mol. The number of carbonyl (C=O) groups is 1. The molecular formula is C17H18N8OS. The van der Waals surface area contributed by atoms with Crippen LogP contribution in [-0.4, -0.2) is 47.5 Å². The maximum atomic E-state index is 12.8. The van der Waals surface area contributed by atoms with E-state index in [-0.39, 0.29) is 11.9 Å². The van der Waals surface area contributed by atoms with Gasteiger partial charge in [0.1, 0.15) is 22.3 Å². The molecule has 9 nitrogen and oxygen atoms in total. The van der Waals surface area contributed by atoms with Gasteiger partial charge in [-0.05, 0) is 26.7 Å². The van der Waals surface area contributed by atoms with E-state index < -0.39 is 0 Å². The minimum atomic E-state index is -0.129. The quantitative estimate of drug-likeness (QED) is 0.733. The molecule has 0 unspecified atom stereocenters. The van der Waals surface area contributed by atoms with Gasteiger partial charge in [-0.25, -0.2) is 15.0 Å².